The number of ether oxygens (including phenoxy) is 1. The van der Waals surface area contributed by atoms with Gasteiger partial charge in [-0.2, -0.15) is 4.98 Å². The summed E-state index contributed by atoms with van der Waals surface area (Å²) in [4.78, 5) is 19.6. The van der Waals surface area contributed by atoms with Gasteiger partial charge in [0.1, 0.15) is 11.6 Å². The van der Waals surface area contributed by atoms with Crippen molar-refractivity contribution in [1.82, 2.24) is 9.97 Å². The van der Waals surface area contributed by atoms with E-state index in [1.54, 1.807) is 38.1 Å². The minimum Gasteiger partial charge on any atom is -0.478 e. The summed E-state index contributed by atoms with van der Waals surface area (Å²) < 4.78 is 5.36. The van der Waals surface area contributed by atoms with Crippen molar-refractivity contribution in [3.63, 3.8) is 0 Å². The molecule has 110 valence electrons. The first-order chi connectivity index (χ1) is 9.99. The number of hydrogen-bond donors (Lipinski definition) is 2. The molecule has 0 aliphatic carbocycles. The van der Waals surface area contributed by atoms with Crippen molar-refractivity contribution in [3.8, 4) is 5.88 Å². The van der Waals surface area contributed by atoms with Crippen LogP contribution in [-0.2, 0) is 0 Å². The highest BCUT2D eigenvalue weighted by atomic mass is 16.5. The number of hydrogen-bond acceptors (Lipinski definition) is 5. The normalized spacial score (nSPS) is 10.2. The third-order valence-electron chi connectivity index (χ3n) is 2.85. The van der Waals surface area contributed by atoms with Crippen LogP contribution in [0.5, 0.6) is 5.88 Å². The summed E-state index contributed by atoms with van der Waals surface area (Å²) in [6, 6.07) is 6.81. The Labute approximate surface area is 122 Å². The molecule has 0 atom stereocenters. The Morgan fingerprint density at radius 2 is 2.05 bits per heavy atom. The van der Waals surface area contributed by atoms with Gasteiger partial charge in [0.05, 0.1) is 12.2 Å². The van der Waals surface area contributed by atoms with Crippen LogP contribution in [0.15, 0.2) is 24.3 Å². The molecule has 0 radical (unpaired) electrons. The van der Waals surface area contributed by atoms with Crippen LogP contribution >= 0.6 is 0 Å². The number of carboxylic acids is 1. The largest absolute Gasteiger partial charge is 0.478 e. The zero-order valence-electron chi connectivity index (χ0n) is 12.2. The standard InChI is InChI=1S/C15H17N3O3/c1-4-21-14-8-13(16-10(3)17-14)18-11-6-5-9(2)12(7-11)15(19)20/h5-8H,4H2,1-3H3,(H,19,20)(H,16,17,18). The molecule has 2 N–H and O–H groups in total. The predicted octanol–water partition coefficient (Wildman–Crippen LogP) is 2.93. The number of nitrogens with zero attached hydrogens (tertiary/aromatic N) is 2. The van der Waals surface area contributed by atoms with Gasteiger partial charge in [-0.3, -0.25) is 0 Å². The van der Waals surface area contributed by atoms with Crippen LogP contribution in [0, 0.1) is 13.8 Å². The van der Waals surface area contributed by atoms with Gasteiger partial charge in [0.25, 0.3) is 0 Å². The third kappa shape index (κ3) is 3.68. The van der Waals surface area contributed by atoms with Gasteiger partial charge >= 0.3 is 5.97 Å². The van der Waals surface area contributed by atoms with Crippen molar-refractivity contribution >= 4 is 17.5 Å². The molecule has 21 heavy (non-hydrogen) atoms. The predicted molar refractivity (Wildman–Crippen MR) is 79.4 cm³/mol. The number of aromatic nitrogens is 2. The van der Waals surface area contributed by atoms with Gasteiger partial charge < -0.3 is 15.2 Å². The molecule has 1 aromatic heterocycles. The van der Waals surface area contributed by atoms with Crippen molar-refractivity contribution in [2.75, 3.05) is 11.9 Å². The maximum Gasteiger partial charge on any atom is 0.336 e. The van der Waals surface area contributed by atoms with Gasteiger partial charge in [-0.25, -0.2) is 9.78 Å². The smallest absolute Gasteiger partial charge is 0.336 e. The Balaban J connectivity index is 2.29. The van der Waals surface area contributed by atoms with Gasteiger partial charge in [0.2, 0.25) is 5.88 Å². The second-order valence-electron chi connectivity index (χ2n) is 4.53. The summed E-state index contributed by atoms with van der Waals surface area (Å²) in [7, 11) is 0. The minimum absolute atomic E-state index is 0.260. The molecule has 6 heteroatoms. The molecule has 0 saturated carbocycles. The molecule has 0 amide bonds. The molecule has 0 bridgehead atoms. The topological polar surface area (TPSA) is 84.3 Å². The number of anilines is 2. The number of carboxylic acid groups (broad SMARTS) is 1. The molecular formula is C15H17N3O3. The van der Waals surface area contributed by atoms with Crippen LogP contribution in [0.3, 0.4) is 0 Å². The Bertz CT molecular complexity index is 671. The van der Waals surface area contributed by atoms with Crippen LogP contribution in [0.2, 0.25) is 0 Å². The van der Waals surface area contributed by atoms with Crippen molar-refractivity contribution < 1.29 is 14.6 Å². The van der Waals surface area contributed by atoms with Crippen LogP contribution in [0.1, 0.15) is 28.7 Å². The minimum atomic E-state index is -0.954. The Morgan fingerprint density at radius 3 is 2.71 bits per heavy atom. The lowest BCUT2D eigenvalue weighted by atomic mass is 10.1. The van der Waals surface area contributed by atoms with Gasteiger partial charge in [-0.05, 0) is 38.5 Å². The van der Waals surface area contributed by atoms with E-state index in [1.807, 2.05) is 6.92 Å². The molecular weight excluding hydrogens is 270 g/mol. The summed E-state index contributed by atoms with van der Waals surface area (Å²) in [6.45, 7) is 5.92. The van der Waals surface area contributed by atoms with Crippen molar-refractivity contribution in [2.45, 2.75) is 20.8 Å². The van der Waals surface area contributed by atoms with E-state index in [0.717, 1.165) is 0 Å². The number of carbonyl (C=O) groups is 1. The number of aryl methyl sites for hydroxylation is 2. The molecule has 0 fully saturated rings. The molecule has 2 aromatic rings. The van der Waals surface area contributed by atoms with E-state index in [-0.39, 0.29) is 5.56 Å². The second kappa shape index (κ2) is 6.21. The zero-order chi connectivity index (χ0) is 15.4. The molecule has 6 nitrogen and oxygen atoms in total. The Hall–Kier alpha value is -2.63. The van der Waals surface area contributed by atoms with Gasteiger partial charge in [-0.1, -0.05) is 6.07 Å². The van der Waals surface area contributed by atoms with Crippen LogP contribution in [-0.4, -0.2) is 27.7 Å². The van der Waals surface area contributed by atoms with E-state index in [1.165, 1.54) is 0 Å². The van der Waals surface area contributed by atoms with E-state index >= 15 is 0 Å². The first-order valence-electron chi connectivity index (χ1n) is 6.59. The average Bonchev–Trinajstić information content (AvgIpc) is 2.40. The Kier molecular flexibility index (Phi) is 4.37. The summed E-state index contributed by atoms with van der Waals surface area (Å²) >= 11 is 0. The summed E-state index contributed by atoms with van der Waals surface area (Å²) in [5.74, 6) is 0.670. The quantitative estimate of drug-likeness (QED) is 0.879. The van der Waals surface area contributed by atoms with E-state index in [4.69, 9.17) is 9.84 Å². The third-order valence-corrected chi connectivity index (χ3v) is 2.85. The number of nitrogens with one attached hydrogen (secondary N) is 1. The monoisotopic (exact) mass is 287 g/mol. The van der Waals surface area contributed by atoms with Crippen LogP contribution in [0.25, 0.3) is 0 Å². The molecule has 0 unspecified atom stereocenters. The highest BCUT2D eigenvalue weighted by molar-refractivity contribution is 5.90. The van der Waals surface area contributed by atoms with E-state index in [0.29, 0.717) is 35.4 Å². The highest BCUT2D eigenvalue weighted by Crippen LogP contribution is 2.21. The molecule has 1 aromatic carbocycles. The SMILES string of the molecule is CCOc1cc(Nc2ccc(C)c(C(=O)O)c2)nc(C)n1. The van der Waals surface area contributed by atoms with Gasteiger partial charge in [-0.15, -0.1) is 0 Å². The molecule has 0 aliphatic rings. The van der Waals surface area contributed by atoms with Crippen molar-refractivity contribution in [1.29, 1.82) is 0 Å². The second-order valence-corrected chi connectivity index (χ2v) is 4.53. The van der Waals surface area contributed by atoms with Crippen LogP contribution < -0.4 is 10.1 Å². The fraction of sp³-hybridized carbons (Fsp3) is 0.267. The maximum atomic E-state index is 11.1. The maximum absolute atomic E-state index is 11.1. The number of rotatable bonds is 5. The fourth-order valence-corrected chi connectivity index (χ4v) is 1.90. The molecule has 0 spiro atoms. The molecule has 0 saturated heterocycles. The first-order valence-corrected chi connectivity index (χ1v) is 6.59. The van der Waals surface area contributed by atoms with E-state index in [2.05, 4.69) is 15.3 Å². The lowest BCUT2D eigenvalue weighted by Crippen LogP contribution is -2.03. The fourth-order valence-electron chi connectivity index (χ4n) is 1.90. The summed E-state index contributed by atoms with van der Waals surface area (Å²) in [6.07, 6.45) is 0. The molecule has 1 heterocycles. The zero-order valence-corrected chi connectivity index (χ0v) is 12.2. The Morgan fingerprint density at radius 1 is 1.29 bits per heavy atom. The van der Waals surface area contributed by atoms with E-state index in [9.17, 15) is 4.79 Å². The van der Waals surface area contributed by atoms with Gasteiger partial charge in [0.15, 0.2) is 0 Å². The van der Waals surface area contributed by atoms with Crippen molar-refractivity contribution in [2.24, 2.45) is 0 Å². The van der Waals surface area contributed by atoms with E-state index < -0.39 is 5.97 Å². The first kappa shape index (κ1) is 14.8. The summed E-state index contributed by atoms with van der Waals surface area (Å²) in [5, 5.41) is 12.2. The van der Waals surface area contributed by atoms with Crippen molar-refractivity contribution in [3.05, 3.63) is 41.2 Å². The number of benzene rings is 1. The highest BCUT2D eigenvalue weighted by Gasteiger charge is 2.09. The average molecular weight is 287 g/mol. The molecule has 2 rings (SSSR count). The lowest BCUT2D eigenvalue weighted by molar-refractivity contribution is 0.0696. The lowest BCUT2D eigenvalue weighted by Gasteiger charge is -2.10. The summed E-state index contributed by atoms with van der Waals surface area (Å²) in [5.41, 5.74) is 1.62. The molecule has 0 aliphatic heterocycles. The number of aromatic carboxylic acids is 1. The van der Waals surface area contributed by atoms with Gasteiger partial charge in [0, 0.05) is 11.8 Å². The van der Waals surface area contributed by atoms with Crippen LogP contribution in [0.4, 0.5) is 11.5 Å².